The Labute approximate surface area is 75.3 Å². The van der Waals surface area contributed by atoms with Gasteiger partial charge in [0.15, 0.2) is 5.78 Å². The molecule has 0 radical (unpaired) electrons. The third-order valence-corrected chi connectivity index (χ3v) is 1.73. The van der Waals surface area contributed by atoms with Crippen molar-refractivity contribution in [1.29, 1.82) is 0 Å². The van der Waals surface area contributed by atoms with Crippen molar-refractivity contribution in [2.24, 2.45) is 5.92 Å². The SMILES string of the molecule is C=C(CCN(C)C)C(=O)C(C)C. The Morgan fingerprint density at radius 1 is 1.42 bits per heavy atom. The number of nitrogens with zero attached hydrogens (tertiary/aromatic N) is 1. The van der Waals surface area contributed by atoms with Crippen molar-refractivity contribution in [3.63, 3.8) is 0 Å². The van der Waals surface area contributed by atoms with Crippen molar-refractivity contribution in [1.82, 2.24) is 4.90 Å². The van der Waals surface area contributed by atoms with Gasteiger partial charge in [-0.2, -0.15) is 0 Å². The Bertz CT molecular complexity index is 171. The second-order valence-electron chi connectivity index (χ2n) is 3.68. The van der Waals surface area contributed by atoms with E-state index < -0.39 is 0 Å². The Morgan fingerprint density at radius 2 is 1.92 bits per heavy atom. The van der Waals surface area contributed by atoms with Crippen molar-refractivity contribution in [3.05, 3.63) is 12.2 Å². The fourth-order valence-corrected chi connectivity index (χ4v) is 0.890. The van der Waals surface area contributed by atoms with Crippen LogP contribution < -0.4 is 0 Å². The van der Waals surface area contributed by atoms with Crippen LogP contribution in [0.4, 0.5) is 0 Å². The number of hydrogen-bond acceptors (Lipinski definition) is 2. The number of Topliss-reactive ketones (excluding diaryl/α,β-unsaturated/α-hetero) is 1. The van der Waals surface area contributed by atoms with Gasteiger partial charge in [-0.25, -0.2) is 0 Å². The maximum atomic E-state index is 11.3. The standard InChI is InChI=1S/C10H19NO/c1-8(2)10(12)9(3)6-7-11(4)5/h8H,3,6-7H2,1-2,4-5H3. The summed E-state index contributed by atoms with van der Waals surface area (Å²) in [5.41, 5.74) is 0.749. The second-order valence-corrected chi connectivity index (χ2v) is 3.68. The quantitative estimate of drug-likeness (QED) is 0.584. The Balaban J connectivity index is 3.81. The van der Waals surface area contributed by atoms with Crippen LogP contribution in [0.1, 0.15) is 20.3 Å². The van der Waals surface area contributed by atoms with E-state index in [9.17, 15) is 4.79 Å². The van der Waals surface area contributed by atoms with Crippen molar-refractivity contribution >= 4 is 5.78 Å². The molecule has 2 heteroatoms. The number of rotatable bonds is 5. The van der Waals surface area contributed by atoms with Crippen LogP contribution in [-0.4, -0.2) is 31.3 Å². The molecule has 0 saturated carbocycles. The summed E-state index contributed by atoms with van der Waals surface area (Å²) in [6, 6.07) is 0. The molecule has 0 fully saturated rings. The highest BCUT2D eigenvalue weighted by Gasteiger charge is 2.10. The van der Waals surface area contributed by atoms with Crippen LogP contribution in [0.2, 0.25) is 0 Å². The van der Waals surface area contributed by atoms with Gasteiger partial charge >= 0.3 is 0 Å². The van der Waals surface area contributed by atoms with Crippen molar-refractivity contribution in [2.75, 3.05) is 20.6 Å². The topological polar surface area (TPSA) is 20.3 Å². The molecule has 0 aliphatic carbocycles. The third kappa shape index (κ3) is 4.29. The molecule has 0 aliphatic rings. The highest BCUT2D eigenvalue weighted by Crippen LogP contribution is 2.07. The first kappa shape index (κ1) is 11.4. The van der Waals surface area contributed by atoms with Gasteiger partial charge < -0.3 is 4.90 Å². The van der Waals surface area contributed by atoms with E-state index >= 15 is 0 Å². The van der Waals surface area contributed by atoms with E-state index in [4.69, 9.17) is 0 Å². The van der Waals surface area contributed by atoms with Crippen LogP contribution in [0.5, 0.6) is 0 Å². The first-order valence-electron chi connectivity index (χ1n) is 4.32. The zero-order valence-electron chi connectivity index (χ0n) is 8.55. The lowest BCUT2D eigenvalue weighted by atomic mass is 10.0. The molecular weight excluding hydrogens is 150 g/mol. The lowest BCUT2D eigenvalue weighted by Gasteiger charge is -2.11. The monoisotopic (exact) mass is 169 g/mol. The maximum Gasteiger partial charge on any atom is 0.160 e. The van der Waals surface area contributed by atoms with Gasteiger partial charge in [0.05, 0.1) is 0 Å². The van der Waals surface area contributed by atoms with E-state index in [1.165, 1.54) is 0 Å². The molecular formula is C10H19NO. The molecule has 0 amide bonds. The maximum absolute atomic E-state index is 11.3. The molecule has 0 atom stereocenters. The molecule has 0 heterocycles. The minimum atomic E-state index is 0.0830. The molecule has 0 aliphatic heterocycles. The summed E-state index contributed by atoms with van der Waals surface area (Å²) in [6.07, 6.45) is 0.782. The average molecular weight is 169 g/mol. The summed E-state index contributed by atoms with van der Waals surface area (Å²) in [5, 5.41) is 0. The lowest BCUT2D eigenvalue weighted by Crippen LogP contribution is -2.17. The molecule has 0 rings (SSSR count). The van der Waals surface area contributed by atoms with E-state index in [0.717, 1.165) is 18.5 Å². The lowest BCUT2D eigenvalue weighted by molar-refractivity contribution is -0.118. The van der Waals surface area contributed by atoms with Crippen LogP contribution >= 0.6 is 0 Å². The van der Waals surface area contributed by atoms with Crippen molar-refractivity contribution < 1.29 is 4.79 Å². The fourth-order valence-electron chi connectivity index (χ4n) is 0.890. The molecule has 12 heavy (non-hydrogen) atoms. The number of ketones is 1. The van der Waals surface area contributed by atoms with Gasteiger partial charge in [-0.05, 0) is 26.1 Å². The second kappa shape index (κ2) is 5.09. The first-order chi connectivity index (χ1) is 5.45. The van der Waals surface area contributed by atoms with Crippen LogP contribution in [0.25, 0.3) is 0 Å². The molecule has 0 bridgehead atoms. The average Bonchev–Trinajstić information content (AvgIpc) is 1.98. The summed E-state index contributed by atoms with van der Waals surface area (Å²) in [6.45, 7) is 8.48. The normalized spacial score (nSPS) is 10.8. The predicted octanol–water partition coefficient (Wildman–Crippen LogP) is 1.72. The van der Waals surface area contributed by atoms with E-state index in [1.807, 2.05) is 27.9 Å². The summed E-state index contributed by atoms with van der Waals surface area (Å²) >= 11 is 0. The third-order valence-electron chi connectivity index (χ3n) is 1.73. The molecule has 0 aromatic heterocycles. The van der Waals surface area contributed by atoms with E-state index in [2.05, 4.69) is 11.5 Å². The molecule has 0 aromatic rings. The van der Waals surface area contributed by atoms with Gasteiger partial charge in [-0.1, -0.05) is 20.4 Å². The fraction of sp³-hybridized carbons (Fsp3) is 0.700. The van der Waals surface area contributed by atoms with Gasteiger partial charge in [0, 0.05) is 12.5 Å². The molecule has 0 spiro atoms. The molecule has 0 saturated heterocycles. The summed E-state index contributed by atoms with van der Waals surface area (Å²) in [4.78, 5) is 13.4. The Kier molecular flexibility index (Phi) is 4.83. The van der Waals surface area contributed by atoms with Crippen LogP contribution in [0.15, 0.2) is 12.2 Å². The van der Waals surface area contributed by atoms with Gasteiger partial charge in [0.1, 0.15) is 0 Å². The highest BCUT2D eigenvalue weighted by atomic mass is 16.1. The molecule has 2 nitrogen and oxygen atoms in total. The first-order valence-corrected chi connectivity index (χ1v) is 4.32. The van der Waals surface area contributed by atoms with E-state index in [1.54, 1.807) is 0 Å². The van der Waals surface area contributed by atoms with E-state index in [0.29, 0.717) is 0 Å². The minimum Gasteiger partial charge on any atom is -0.309 e. The largest absolute Gasteiger partial charge is 0.309 e. The van der Waals surface area contributed by atoms with Gasteiger partial charge in [0.25, 0.3) is 0 Å². The van der Waals surface area contributed by atoms with Crippen LogP contribution in [0, 0.1) is 5.92 Å². The predicted molar refractivity (Wildman–Crippen MR) is 52.2 cm³/mol. The van der Waals surface area contributed by atoms with Crippen LogP contribution in [0.3, 0.4) is 0 Å². The van der Waals surface area contributed by atoms with Crippen molar-refractivity contribution in [2.45, 2.75) is 20.3 Å². The van der Waals surface area contributed by atoms with Gasteiger partial charge in [0.2, 0.25) is 0 Å². The van der Waals surface area contributed by atoms with Gasteiger partial charge in [-0.3, -0.25) is 4.79 Å². The molecule has 0 unspecified atom stereocenters. The molecule has 70 valence electrons. The number of hydrogen-bond donors (Lipinski definition) is 0. The summed E-state index contributed by atoms with van der Waals surface area (Å²) in [7, 11) is 3.99. The Hall–Kier alpha value is -0.630. The summed E-state index contributed by atoms with van der Waals surface area (Å²) in [5.74, 6) is 0.275. The van der Waals surface area contributed by atoms with Crippen molar-refractivity contribution in [3.8, 4) is 0 Å². The summed E-state index contributed by atoms with van der Waals surface area (Å²) < 4.78 is 0. The highest BCUT2D eigenvalue weighted by molar-refractivity contribution is 5.96. The zero-order chi connectivity index (χ0) is 9.72. The zero-order valence-corrected chi connectivity index (χ0v) is 8.55. The number of carbonyl (C=O) groups is 1. The van der Waals surface area contributed by atoms with Gasteiger partial charge in [-0.15, -0.1) is 0 Å². The number of carbonyl (C=O) groups excluding carboxylic acids is 1. The van der Waals surface area contributed by atoms with E-state index in [-0.39, 0.29) is 11.7 Å². The smallest absolute Gasteiger partial charge is 0.160 e. The van der Waals surface area contributed by atoms with Crippen LogP contribution in [-0.2, 0) is 4.79 Å². The molecule has 0 N–H and O–H groups in total. The minimum absolute atomic E-state index is 0.0830. The molecule has 0 aromatic carbocycles. The Morgan fingerprint density at radius 3 is 2.25 bits per heavy atom.